The van der Waals surface area contributed by atoms with E-state index in [1.165, 1.54) is 18.2 Å². The maximum absolute atomic E-state index is 12.2. The highest BCUT2D eigenvalue weighted by Gasteiger charge is 2.28. The number of hydrogen-bond acceptors (Lipinski definition) is 6. The number of hydrogen-bond donors (Lipinski definition) is 2. The number of amides is 3. The van der Waals surface area contributed by atoms with Gasteiger partial charge in [-0.2, -0.15) is 0 Å². The Hall–Kier alpha value is -2.42. The second-order valence-corrected chi connectivity index (χ2v) is 7.83. The second-order valence-electron chi connectivity index (χ2n) is 5.69. The number of sulfone groups is 1. The van der Waals surface area contributed by atoms with Gasteiger partial charge >= 0.3 is 12.0 Å². The van der Waals surface area contributed by atoms with Crippen LogP contribution in [0.1, 0.15) is 29.8 Å². The Labute approximate surface area is 140 Å². The van der Waals surface area contributed by atoms with Crippen LogP contribution >= 0.6 is 0 Å². The van der Waals surface area contributed by atoms with Gasteiger partial charge in [0.05, 0.1) is 11.3 Å². The van der Waals surface area contributed by atoms with Gasteiger partial charge in [0.1, 0.15) is 0 Å². The molecule has 24 heavy (non-hydrogen) atoms. The highest BCUT2D eigenvalue weighted by Crippen LogP contribution is 2.14. The average Bonchev–Trinajstić information content (AvgIpc) is 2.41. The first kappa shape index (κ1) is 19.6. The molecule has 0 radical (unpaired) electrons. The smallest absolute Gasteiger partial charge is 0.338 e. The zero-order chi connectivity index (χ0) is 18.5. The number of ether oxygens (including phenoxy) is 1. The van der Waals surface area contributed by atoms with E-state index in [0.717, 1.165) is 6.26 Å². The molecule has 132 valence electrons. The van der Waals surface area contributed by atoms with Gasteiger partial charge in [-0.3, -0.25) is 10.1 Å². The first-order valence-corrected chi connectivity index (χ1v) is 9.13. The number of rotatable bonds is 6. The van der Waals surface area contributed by atoms with Gasteiger partial charge < -0.3 is 10.5 Å². The topological polar surface area (TPSA) is 133 Å². The van der Waals surface area contributed by atoms with Crippen LogP contribution in [-0.2, 0) is 25.1 Å². The molecule has 0 bridgehead atoms. The molecule has 3 N–H and O–H groups in total. The molecule has 1 aromatic carbocycles. The van der Waals surface area contributed by atoms with Crippen molar-refractivity contribution in [2.45, 2.75) is 25.7 Å². The van der Waals surface area contributed by atoms with Crippen LogP contribution in [0.25, 0.3) is 0 Å². The van der Waals surface area contributed by atoms with Gasteiger partial charge in [-0.25, -0.2) is 18.0 Å². The lowest BCUT2D eigenvalue weighted by Crippen LogP contribution is -2.45. The Balaban J connectivity index is 2.94. The lowest BCUT2D eigenvalue weighted by Gasteiger charge is -2.20. The van der Waals surface area contributed by atoms with Crippen molar-refractivity contribution in [3.05, 3.63) is 35.4 Å². The van der Waals surface area contributed by atoms with Crippen molar-refractivity contribution in [1.29, 1.82) is 0 Å². The summed E-state index contributed by atoms with van der Waals surface area (Å²) in [7, 11) is -3.25. The first-order valence-electron chi connectivity index (χ1n) is 7.07. The third kappa shape index (κ3) is 6.37. The number of esters is 1. The standard InChI is InChI=1S/C15H20N2O6S/c1-9(2)12(13(18)17-15(16)20)23-14(19)11-6-4-5-10(7-11)8-24(3,21)22/h4-7,9,12H,8H2,1-3H3,(H3,16,17,18,20)/t12-/m1/s1. The SMILES string of the molecule is CC(C)[C@@H](OC(=O)c1cccc(CS(C)(=O)=O)c1)C(=O)NC(N)=O. The molecule has 1 atom stereocenters. The molecule has 1 aromatic rings. The van der Waals surface area contributed by atoms with Crippen molar-refractivity contribution in [1.82, 2.24) is 5.32 Å². The van der Waals surface area contributed by atoms with Crippen molar-refractivity contribution in [3.8, 4) is 0 Å². The summed E-state index contributed by atoms with van der Waals surface area (Å²) >= 11 is 0. The largest absolute Gasteiger partial charge is 0.448 e. The molecule has 0 saturated carbocycles. The molecule has 0 unspecified atom stereocenters. The number of benzene rings is 1. The Morgan fingerprint density at radius 1 is 1.25 bits per heavy atom. The average molecular weight is 356 g/mol. The molecule has 3 amide bonds. The third-order valence-electron chi connectivity index (χ3n) is 2.94. The number of primary amides is 1. The van der Waals surface area contributed by atoms with E-state index in [9.17, 15) is 22.8 Å². The molecule has 0 spiro atoms. The van der Waals surface area contributed by atoms with Crippen LogP contribution in [0.5, 0.6) is 0 Å². The number of nitrogens with two attached hydrogens (primary N) is 1. The van der Waals surface area contributed by atoms with Crippen LogP contribution in [0.3, 0.4) is 0 Å². The summed E-state index contributed by atoms with van der Waals surface area (Å²) in [6.07, 6.45) is -0.121. The molecule has 0 aliphatic rings. The second kappa shape index (κ2) is 7.91. The fraction of sp³-hybridized carbons (Fsp3) is 0.400. The van der Waals surface area contributed by atoms with Gasteiger partial charge in [0.25, 0.3) is 5.91 Å². The lowest BCUT2D eigenvalue weighted by molar-refractivity contribution is -0.130. The van der Waals surface area contributed by atoms with Gasteiger partial charge in [0.2, 0.25) is 0 Å². The fourth-order valence-electron chi connectivity index (χ4n) is 1.96. The molecule has 0 aromatic heterocycles. The molecule has 1 rings (SSSR count). The zero-order valence-corrected chi connectivity index (χ0v) is 14.4. The maximum atomic E-state index is 12.2. The van der Waals surface area contributed by atoms with Crippen LogP contribution in [0.2, 0.25) is 0 Å². The van der Waals surface area contributed by atoms with Crippen LogP contribution < -0.4 is 11.1 Å². The van der Waals surface area contributed by atoms with E-state index in [4.69, 9.17) is 10.5 Å². The summed E-state index contributed by atoms with van der Waals surface area (Å²) in [5.41, 5.74) is 5.41. The minimum atomic E-state index is -3.25. The number of carbonyl (C=O) groups is 3. The first-order chi connectivity index (χ1) is 11.0. The lowest BCUT2D eigenvalue weighted by atomic mass is 10.1. The van der Waals surface area contributed by atoms with Gasteiger partial charge in [0, 0.05) is 6.26 Å². The molecule has 0 aliphatic carbocycles. The highest BCUT2D eigenvalue weighted by molar-refractivity contribution is 7.89. The van der Waals surface area contributed by atoms with E-state index in [1.807, 2.05) is 5.32 Å². The minimum Gasteiger partial charge on any atom is -0.448 e. The number of carbonyl (C=O) groups excluding carboxylic acids is 3. The van der Waals surface area contributed by atoms with E-state index in [0.29, 0.717) is 5.56 Å². The molecule has 0 fully saturated rings. The zero-order valence-electron chi connectivity index (χ0n) is 13.6. The number of imide groups is 1. The fourth-order valence-corrected chi connectivity index (χ4v) is 2.74. The highest BCUT2D eigenvalue weighted by atomic mass is 32.2. The quantitative estimate of drug-likeness (QED) is 0.718. The summed E-state index contributed by atoms with van der Waals surface area (Å²) in [5.74, 6) is -2.24. The van der Waals surface area contributed by atoms with E-state index in [-0.39, 0.29) is 11.3 Å². The van der Waals surface area contributed by atoms with Crippen molar-refractivity contribution >= 4 is 27.7 Å². The number of nitrogens with one attached hydrogen (secondary N) is 1. The van der Waals surface area contributed by atoms with Gasteiger partial charge in [0.15, 0.2) is 15.9 Å². The third-order valence-corrected chi connectivity index (χ3v) is 3.79. The summed E-state index contributed by atoms with van der Waals surface area (Å²) in [6.45, 7) is 3.27. The normalized spacial score (nSPS) is 12.5. The Morgan fingerprint density at radius 3 is 2.38 bits per heavy atom. The summed E-state index contributed by atoms with van der Waals surface area (Å²) in [4.78, 5) is 34.8. The van der Waals surface area contributed by atoms with Crippen molar-refractivity contribution in [3.63, 3.8) is 0 Å². The maximum Gasteiger partial charge on any atom is 0.338 e. The van der Waals surface area contributed by atoms with E-state index in [1.54, 1.807) is 19.9 Å². The molecule has 0 aliphatic heterocycles. The van der Waals surface area contributed by atoms with Crippen LogP contribution in [0.4, 0.5) is 4.79 Å². The van der Waals surface area contributed by atoms with Crippen LogP contribution in [0.15, 0.2) is 24.3 Å². The summed E-state index contributed by atoms with van der Waals surface area (Å²) in [5, 5.41) is 1.87. The molecular weight excluding hydrogens is 336 g/mol. The Kier molecular flexibility index (Phi) is 6.47. The molecule has 8 nitrogen and oxygen atoms in total. The molecule has 0 saturated heterocycles. The van der Waals surface area contributed by atoms with Gasteiger partial charge in [-0.15, -0.1) is 0 Å². The van der Waals surface area contributed by atoms with E-state index in [2.05, 4.69) is 0 Å². The predicted octanol–water partition coefficient (Wildman–Crippen LogP) is 0.608. The van der Waals surface area contributed by atoms with E-state index < -0.39 is 39.8 Å². The number of urea groups is 1. The molecule has 9 heteroatoms. The van der Waals surface area contributed by atoms with Gasteiger partial charge in [-0.1, -0.05) is 26.0 Å². The van der Waals surface area contributed by atoms with Crippen molar-refractivity contribution < 1.29 is 27.5 Å². The van der Waals surface area contributed by atoms with Gasteiger partial charge in [-0.05, 0) is 23.6 Å². The summed E-state index contributed by atoms with van der Waals surface area (Å²) < 4.78 is 27.8. The minimum absolute atomic E-state index is 0.105. The molecule has 0 heterocycles. The van der Waals surface area contributed by atoms with Crippen LogP contribution in [-0.4, -0.2) is 38.7 Å². The molecular formula is C15H20N2O6S. The monoisotopic (exact) mass is 356 g/mol. The Morgan fingerprint density at radius 2 is 1.88 bits per heavy atom. The predicted molar refractivity (Wildman–Crippen MR) is 86.8 cm³/mol. The van der Waals surface area contributed by atoms with E-state index >= 15 is 0 Å². The Bertz CT molecular complexity index is 742. The van der Waals surface area contributed by atoms with Crippen molar-refractivity contribution in [2.75, 3.05) is 6.26 Å². The summed E-state index contributed by atoms with van der Waals surface area (Å²) in [6, 6.07) is 4.86. The van der Waals surface area contributed by atoms with Crippen LogP contribution in [0, 0.1) is 5.92 Å². The van der Waals surface area contributed by atoms with Crippen molar-refractivity contribution in [2.24, 2.45) is 11.7 Å².